The van der Waals surface area contributed by atoms with Crippen molar-refractivity contribution in [2.24, 2.45) is 0 Å². The Morgan fingerprint density at radius 1 is 0.575 bits per heavy atom. The number of halogens is 13. The minimum atomic E-state index is -7.91. The first-order valence-corrected chi connectivity index (χ1v) is 12.7. The largest absolute Gasteiger partial charge is 0.460 e. The van der Waals surface area contributed by atoms with Crippen molar-refractivity contribution in [3.8, 4) is 0 Å². The SMILES string of the molecule is C=[N+]([CH-]c1ccc(C(F)(F)C(F)(F)C(F)(F)C(F)(F)C(F)(F)C(F)(F)F)cc1)CCCCCCCCCCCC. The second-order valence-electron chi connectivity index (χ2n) is 9.62. The van der Waals surface area contributed by atoms with Crippen LogP contribution in [0.25, 0.3) is 0 Å². The van der Waals surface area contributed by atoms with Gasteiger partial charge < -0.3 is 0 Å². The highest BCUT2D eigenvalue weighted by Crippen LogP contribution is 2.62. The van der Waals surface area contributed by atoms with E-state index in [0.717, 1.165) is 44.2 Å². The number of nitrogens with zero attached hydrogens (tertiary/aromatic N) is 1. The third kappa shape index (κ3) is 7.77. The van der Waals surface area contributed by atoms with Crippen molar-refractivity contribution in [1.82, 2.24) is 0 Å². The molecule has 0 aromatic heterocycles. The van der Waals surface area contributed by atoms with Crippen molar-refractivity contribution in [3.05, 3.63) is 41.9 Å². The molecule has 0 atom stereocenters. The Hall–Kier alpha value is -2.15. The molecule has 0 amide bonds. The predicted molar refractivity (Wildman–Crippen MR) is 124 cm³/mol. The average Bonchev–Trinajstić information content (AvgIpc) is 2.84. The molecule has 232 valence electrons. The van der Waals surface area contributed by atoms with Crippen molar-refractivity contribution < 1.29 is 61.7 Å². The molecule has 0 heterocycles. The molecule has 0 radical (unpaired) electrons. The zero-order chi connectivity index (χ0) is 31.0. The number of hydrogen-bond donors (Lipinski definition) is 0. The molecule has 1 aromatic carbocycles. The van der Waals surface area contributed by atoms with Crippen LogP contribution in [0.4, 0.5) is 57.1 Å². The monoisotopic (exact) mass is 605 g/mol. The van der Waals surface area contributed by atoms with Crippen LogP contribution in [0.15, 0.2) is 24.3 Å². The van der Waals surface area contributed by atoms with Crippen LogP contribution in [0.3, 0.4) is 0 Å². The Balaban J connectivity index is 2.79. The minimum absolute atomic E-state index is 0.0608. The molecule has 1 rings (SSSR count). The lowest BCUT2D eigenvalue weighted by Crippen LogP contribution is -2.69. The molecule has 1 nitrogen and oxygen atoms in total. The molecule has 1 aromatic rings. The minimum Gasteiger partial charge on any atom is -0.291 e. The van der Waals surface area contributed by atoms with E-state index in [1.54, 1.807) is 0 Å². The summed E-state index contributed by atoms with van der Waals surface area (Å²) in [6.07, 6.45) is 3.28. The van der Waals surface area contributed by atoms with Crippen LogP contribution in [0.5, 0.6) is 0 Å². The van der Waals surface area contributed by atoms with Crippen molar-refractivity contribution in [3.63, 3.8) is 0 Å². The number of unbranched alkanes of at least 4 members (excludes halogenated alkanes) is 9. The van der Waals surface area contributed by atoms with E-state index in [0.29, 0.717) is 13.0 Å². The fraction of sp³-hybridized carbons (Fsp3) is 0.692. The number of hydrogen-bond acceptors (Lipinski definition) is 0. The van der Waals surface area contributed by atoms with Crippen LogP contribution in [0.1, 0.15) is 82.3 Å². The van der Waals surface area contributed by atoms with Gasteiger partial charge in [0.1, 0.15) is 6.54 Å². The van der Waals surface area contributed by atoms with Gasteiger partial charge in [-0.1, -0.05) is 76.0 Å². The van der Waals surface area contributed by atoms with E-state index in [-0.39, 0.29) is 17.7 Å². The zero-order valence-corrected chi connectivity index (χ0v) is 21.7. The molecular formula is C26H32F13N. The van der Waals surface area contributed by atoms with E-state index < -0.39 is 41.4 Å². The summed E-state index contributed by atoms with van der Waals surface area (Å²) < 4.78 is 175. The Morgan fingerprint density at radius 3 is 1.40 bits per heavy atom. The topological polar surface area (TPSA) is 3.01 Å². The number of benzene rings is 1. The Labute approximate surface area is 224 Å². The maximum atomic E-state index is 14.3. The third-order valence-corrected chi connectivity index (χ3v) is 6.34. The molecule has 0 aliphatic heterocycles. The Morgan fingerprint density at radius 2 is 0.975 bits per heavy atom. The summed E-state index contributed by atoms with van der Waals surface area (Å²) in [4.78, 5) is 0. The van der Waals surface area contributed by atoms with Gasteiger partial charge in [-0.05, 0) is 6.42 Å². The van der Waals surface area contributed by atoms with Crippen molar-refractivity contribution in [2.75, 3.05) is 6.54 Å². The standard InChI is InChI=1S/C26H32F13N/c1-3-4-5-6-7-8-9-10-11-12-17-40(2)18-19-13-15-20(16-14-19)21(27,28)22(29,30)23(31,32)24(33,34)25(35,36)26(37,38)39/h13-16,18H,2-12,17H2,1H3. The van der Waals surface area contributed by atoms with E-state index in [2.05, 4.69) is 13.6 Å². The number of rotatable bonds is 18. The number of alkyl halides is 13. The summed E-state index contributed by atoms with van der Waals surface area (Å²) in [6.45, 7) is 7.53. The van der Waals surface area contributed by atoms with Crippen molar-refractivity contribution >= 4 is 6.72 Å². The molecule has 0 spiro atoms. The van der Waals surface area contributed by atoms with Crippen LogP contribution in [0, 0.1) is 6.54 Å². The highest BCUT2D eigenvalue weighted by atomic mass is 19.4. The summed E-state index contributed by atoms with van der Waals surface area (Å²) >= 11 is 0. The first kappa shape index (κ1) is 35.9. The van der Waals surface area contributed by atoms with Crippen molar-refractivity contribution in [2.45, 2.75) is 107 Å². The predicted octanol–water partition coefficient (Wildman–Crippen LogP) is 10.0. The molecule has 14 heteroatoms. The molecule has 0 unspecified atom stereocenters. The highest BCUT2D eigenvalue weighted by Gasteiger charge is 2.90. The van der Waals surface area contributed by atoms with Crippen molar-refractivity contribution in [1.29, 1.82) is 0 Å². The van der Waals surface area contributed by atoms with Crippen LogP contribution < -0.4 is 0 Å². The Bertz CT molecular complexity index is 922. The van der Waals surface area contributed by atoms with Gasteiger partial charge in [-0.2, -0.15) is 57.1 Å². The quantitative estimate of drug-likeness (QED) is 0.0515. The Kier molecular flexibility index (Phi) is 12.3. The maximum absolute atomic E-state index is 14.3. The first-order valence-electron chi connectivity index (χ1n) is 12.7. The van der Waals surface area contributed by atoms with Gasteiger partial charge in [-0.15, -0.1) is 12.1 Å². The smallest absolute Gasteiger partial charge is 0.291 e. The average molecular weight is 606 g/mol. The van der Waals surface area contributed by atoms with Crippen LogP contribution in [-0.2, 0) is 5.92 Å². The summed E-state index contributed by atoms with van der Waals surface area (Å²) in [5, 5.41) is 0. The summed E-state index contributed by atoms with van der Waals surface area (Å²) in [5.74, 6) is -37.1. The van der Waals surface area contributed by atoms with Gasteiger partial charge in [-0.3, -0.25) is 4.58 Å². The van der Waals surface area contributed by atoms with Crippen LogP contribution >= 0.6 is 0 Å². The van der Waals surface area contributed by atoms with E-state index >= 15 is 0 Å². The third-order valence-electron chi connectivity index (χ3n) is 6.34. The fourth-order valence-electron chi connectivity index (χ4n) is 3.81. The zero-order valence-electron chi connectivity index (χ0n) is 21.7. The normalized spacial score (nSPS) is 13.9. The molecule has 40 heavy (non-hydrogen) atoms. The summed E-state index contributed by atoms with van der Waals surface area (Å²) in [6, 6.07) is 1.72. The lowest BCUT2D eigenvalue weighted by molar-refractivity contribution is -0.473. The van der Waals surface area contributed by atoms with Gasteiger partial charge in [0.05, 0.1) is 13.3 Å². The lowest BCUT2D eigenvalue weighted by Gasteiger charge is -2.40. The summed E-state index contributed by atoms with van der Waals surface area (Å²) in [7, 11) is 0. The van der Waals surface area contributed by atoms with E-state index in [9.17, 15) is 57.1 Å². The molecule has 0 saturated heterocycles. The molecule has 0 N–H and O–H groups in total. The van der Waals surface area contributed by atoms with Gasteiger partial charge in [0.2, 0.25) is 0 Å². The summed E-state index contributed by atoms with van der Waals surface area (Å²) in [5.41, 5.74) is -1.95. The first-order chi connectivity index (χ1) is 18.2. The molecule has 0 aliphatic carbocycles. The second kappa shape index (κ2) is 13.7. The van der Waals surface area contributed by atoms with E-state index in [1.165, 1.54) is 36.8 Å². The van der Waals surface area contributed by atoms with E-state index in [4.69, 9.17) is 0 Å². The fourth-order valence-corrected chi connectivity index (χ4v) is 3.81. The second-order valence-corrected chi connectivity index (χ2v) is 9.62. The van der Waals surface area contributed by atoms with Crippen LogP contribution in [-0.4, -0.2) is 47.7 Å². The molecule has 0 saturated carbocycles. The molecular weight excluding hydrogens is 573 g/mol. The van der Waals surface area contributed by atoms with Gasteiger partial charge in [0.15, 0.2) is 0 Å². The van der Waals surface area contributed by atoms with Gasteiger partial charge in [0.25, 0.3) is 0 Å². The lowest BCUT2D eigenvalue weighted by atomic mass is 9.90. The van der Waals surface area contributed by atoms with E-state index in [1.807, 2.05) is 0 Å². The van der Waals surface area contributed by atoms with Crippen LogP contribution in [0.2, 0.25) is 0 Å². The molecule has 0 aliphatic rings. The van der Waals surface area contributed by atoms with Gasteiger partial charge >= 0.3 is 35.8 Å². The van der Waals surface area contributed by atoms with Gasteiger partial charge in [-0.25, -0.2) is 0 Å². The molecule has 0 bridgehead atoms. The maximum Gasteiger partial charge on any atom is 0.460 e. The molecule has 0 fully saturated rings. The highest BCUT2D eigenvalue weighted by molar-refractivity contribution is 5.32. The van der Waals surface area contributed by atoms with Gasteiger partial charge in [0, 0.05) is 12.0 Å².